The Balaban J connectivity index is 0.929. The van der Waals surface area contributed by atoms with E-state index in [-0.39, 0.29) is 24.3 Å². The lowest BCUT2D eigenvalue weighted by atomic mass is 10.0. The molecule has 0 unspecified atom stereocenters. The molecule has 8 nitrogen and oxygen atoms in total. The predicted molar refractivity (Wildman–Crippen MR) is 262 cm³/mol. The van der Waals surface area contributed by atoms with Crippen LogP contribution >= 0.6 is 0 Å². The Labute approximate surface area is 382 Å². The summed E-state index contributed by atoms with van der Waals surface area (Å²) in [4.78, 5) is 35.1. The van der Waals surface area contributed by atoms with Gasteiger partial charge in [-0.1, -0.05) is 114 Å². The molecule has 0 saturated heterocycles. The molecular formula is C56H68N2O6. The molecular weight excluding hydrogens is 797 g/mol. The molecule has 0 heterocycles. The average molecular weight is 865 g/mol. The van der Waals surface area contributed by atoms with Crippen LogP contribution in [-0.4, -0.2) is 50.8 Å². The van der Waals surface area contributed by atoms with E-state index in [0.29, 0.717) is 26.1 Å². The minimum Gasteiger partial charge on any atom is -0.493 e. The summed E-state index contributed by atoms with van der Waals surface area (Å²) in [5.41, 5.74) is 6.85. The van der Waals surface area contributed by atoms with Crippen LogP contribution in [0, 0.1) is 0 Å². The fourth-order valence-corrected chi connectivity index (χ4v) is 7.14. The van der Waals surface area contributed by atoms with Crippen molar-refractivity contribution in [1.29, 1.82) is 0 Å². The first-order valence-electron chi connectivity index (χ1n) is 23.7. The van der Waals surface area contributed by atoms with Crippen molar-refractivity contribution in [2.75, 3.05) is 26.4 Å². The zero-order valence-electron chi connectivity index (χ0n) is 38.2. The van der Waals surface area contributed by atoms with E-state index in [1.165, 1.54) is 88.2 Å². The van der Waals surface area contributed by atoms with Gasteiger partial charge in [-0.15, -0.1) is 0 Å². The van der Waals surface area contributed by atoms with Gasteiger partial charge in [-0.25, -0.2) is 9.59 Å². The number of hydrogen-bond acceptors (Lipinski definition) is 8. The average Bonchev–Trinajstić information content (AvgIpc) is 3.33. The largest absolute Gasteiger partial charge is 0.493 e. The van der Waals surface area contributed by atoms with Crippen LogP contribution in [0.3, 0.4) is 0 Å². The molecule has 0 atom stereocenters. The molecule has 0 spiro atoms. The van der Waals surface area contributed by atoms with Gasteiger partial charge in [0.1, 0.15) is 11.5 Å². The van der Waals surface area contributed by atoms with Gasteiger partial charge >= 0.3 is 11.9 Å². The number of carbonyl (C=O) groups excluding carboxylic acids is 2. The molecule has 0 aliphatic rings. The van der Waals surface area contributed by atoms with Crippen LogP contribution in [0.1, 0.15) is 147 Å². The highest BCUT2D eigenvalue weighted by atomic mass is 16.5. The molecule has 0 amide bonds. The van der Waals surface area contributed by atoms with E-state index in [2.05, 4.69) is 72.4 Å². The molecule has 8 heteroatoms. The summed E-state index contributed by atoms with van der Waals surface area (Å²) in [7, 11) is 0. The molecule has 0 aromatic heterocycles. The van der Waals surface area contributed by atoms with Crippen molar-refractivity contribution in [2.24, 2.45) is 9.98 Å². The third-order valence-corrected chi connectivity index (χ3v) is 10.9. The molecule has 0 fully saturated rings. The van der Waals surface area contributed by atoms with E-state index in [1.54, 1.807) is 24.3 Å². The highest BCUT2D eigenvalue weighted by Crippen LogP contribution is 2.20. The van der Waals surface area contributed by atoms with E-state index in [0.717, 1.165) is 46.8 Å². The fraction of sp³-hybridized carbons (Fsp3) is 0.393. The van der Waals surface area contributed by atoms with Crippen LogP contribution in [0.15, 0.2) is 131 Å². The van der Waals surface area contributed by atoms with E-state index >= 15 is 0 Å². The smallest absolute Gasteiger partial charge is 0.339 e. The molecule has 0 bridgehead atoms. The quantitative estimate of drug-likeness (QED) is 0.0259. The second-order valence-electron chi connectivity index (χ2n) is 16.2. The molecule has 0 N–H and O–H groups in total. The fourth-order valence-electron chi connectivity index (χ4n) is 7.14. The highest BCUT2D eigenvalue weighted by Gasteiger charge is 2.19. The second-order valence-corrected chi connectivity index (χ2v) is 16.2. The Kier molecular flexibility index (Phi) is 22.5. The topological polar surface area (TPSA) is 95.8 Å². The predicted octanol–water partition coefficient (Wildman–Crippen LogP) is 14.2. The second kappa shape index (κ2) is 29.4. The Hall–Kier alpha value is -6.02. The van der Waals surface area contributed by atoms with Crippen LogP contribution in [0.2, 0.25) is 0 Å². The van der Waals surface area contributed by atoms with Crippen molar-refractivity contribution >= 4 is 35.7 Å². The lowest BCUT2D eigenvalue weighted by Crippen LogP contribution is -2.16. The minimum atomic E-state index is -0.586. The SMILES string of the molecule is CCCCCCCCc1ccc(N=Cc2ccc(OCCCOC(=O)c3ccccc3C(=O)OCCCOc3ccc(C=Nc4ccc(CCCCCCCC)cc4)cc3)cc2)cc1. The number of esters is 2. The van der Waals surface area contributed by atoms with Gasteiger partial charge < -0.3 is 18.9 Å². The number of rotatable bonds is 30. The maximum absolute atomic E-state index is 12.9. The van der Waals surface area contributed by atoms with Crippen molar-refractivity contribution in [2.45, 2.75) is 117 Å². The van der Waals surface area contributed by atoms with Gasteiger partial charge in [0.15, 0.2) is 0 Å². The first-order chi connectivity index (χ1) is 31.5. The van der Waals surface area contributed by atoms with Gasteiger partial charge in [0.05, 0.1) is 48.9 Å². The summed E-state index contributed by atoms with van der Waals surface area (Å²) in [6.07, 6.45) is 22.6. The Morgan fingerprint density at radius 3 is 1.19 bits per heavy atom. The van der Waals surface area contributed by atoms with Gasteiger partial charge in [-0.3, -0.25) is 9.98 Å². The van der Waals surface area contributed by atoms with Gasteiger partial charge in [0.2, 0.25) is 0 Å². The van der Waals surface area contributed by atoms with Crippen molar-refractivity contribution in [3.05, 3.63) is 155 Å². The summed E-state index contributed by atoms with van der Waals surface area (Å²) in [6, 6.07) is 39.0. The standard InChI is InChI=1S/C56H68N2O6/c1-3-5-7-9-11-13-19-45-23-31-49(32-24-45)57-43-47-27-35-51(36-28-47)61-39-17-41-63-55(59)53-21-15-16-22-54(53)56(60)64-42-18-40-62-52-37-29-48(30-38-52)44-58-50-33-25-46(26-34-50)20-14-12-10-8-6-4-2/h15-16,21-38,43-44H,3-14,17-20,39-42H2,1-2H3. The third-order valence-electron chi connectivity index (χ3n) is 10.9. The maximum atomic E-state index is 12.9. The van der Waals surface area contributed by atoms with E-state index in [9.17, 15) is 9.59 Å². The summed E-state index contributed by atoms with van der Waals surface area (Å²) >= 11 is 0. The summed E-state index contributed by atoms with van der Waals surface area (Å²) < 4.78 is 22.7. The molecule has 5 aromatic rings. The zero-order valence-corrected chi connectivity index (χ0v) is 38.2. The Morgan fingerprint density at radius 2 is 0.797 bits per heavy atom. The number of ether oxygens (including phenoxy) is 4. The molecule has 0 aliphatic heterocycles. The number of aryl methyl sites for hydroxylation is 2. The van der Waals surface area contributed by atoms with Crippen LogP contribution in [0.4, 0.5) is 11.4 Å². The molecule has 0 saturated carbocycles. The van der Waals surface area contributed by atoms with E-state index in [4.69, 9.17) is 18.9 Å². The molecule has 5 rings (SSSR count). The minimum absolute atomic E-state index is 0.142. The third kappa shape index (κ3) is 18.8. The van der Waals surface area contributed by atoms with Gasteiger partial charge in [0, 0.05) is 25.3 Å². The molecule has 338 valence electrons. The van der Waals surface area contributed by atoms with Gasteiger partial charge in [0.25, 0.3) is 0 Å². The number of benzene rings is 5. The van der Waals surface area contributed by atoms with Gasteiger partial charge in [-0.05, 0) is 133 Å². The number of unbranched alkanes of at least 4 members (excludes halogenated alkanes) is 10. The number of hydrogen-bond donors (Lipinski definition) is 0. The monoisotopic (exact) mass is 865 g/mol. The Bertz CT molecular complexity index is 1970. The maximum Gasteiger partial charge on any atom is 0.339 e. The van der Waals surface area contributed by atoms with E-state index < -0.39 is 11.9 Å². The van der Waals surface area contributed by atoms with Gasteiger partial charge in [-0.2, -0.15) is 0 Å². The van der Waals surface area contributed by atoms with Crippen molar-refractivity contribution < 1.29 is 28.5 Å². The molecule has 0 radical (unpaired) electrons. The molecule has 0 aliphatic carbocycles. The van der Waals surface area contributed by atoms with Crippen LogP contribution in [0.25, 0.3) is 0 Å². The van der Waals surface area contributed by atoms with Crippen LogP contribution < -0.4 is 9.47 Å². The first-order valence-corrected chi connectivity index (χ1v) is 23.7. The molecule has 64 heavy (non-hydrogen) atoms. The lowest BCUT2D eigenvalue weighted by Gasteiger charge is -2.11. The Morgan fingerprint density at radius 1 is 0.422 bits per heavy atom. The van der Waals surface area contributed by atoms with Crippen LogP contribution in [-0.2, 0) is 22.3 Å². The number of carbonyl (C=O) groups is 2. The number of aliphatic imine (C=N–C) groups is 2. The summed E-state index contributed by atoms with van der Waals surface area (Å²) in [5.74, 6) is 0.264. The van der Waals surface area contributed by atoms with Crippen molar-refractivity contribution in [3.63, 3.8) is 0 Å². The summed E-state index contributed by atoms with van der Waals surface area (Å²) in [6.45, 7) is 5.52. The van der Waals surface area contributed by atoms with E-state index in [1.807, 2.05) is 61.0 Å². The van der Waals surface area contributed by atoms with Crippen LogP contribution in [0.5, 0.6) is 11.5 Å². The summed E-state index contributed by atoms with van der Waals surface area (Å²) in [5, 5.41) is 0. The lowest BCUT2D eigenvalue weighted by molar-refractivity contribution is 0.0438. The normalized spacial score (nSPS) is 11.3. The highest BCUT2D eigenvalue weighted by molar-refractivity contribution is 6.03. The van der Waals surface area contributed by atoms with Crippen molar-refractivity contribution in [3.8, 4) is 11.5 Å². The first kappa shape index (κ1) is 49.0. The molecule has 5 aromatic carbocycles. The van der Waals surface area contributed by atoms with Crippen molar-refractivity contribution in [1.82, 2.24) is 0 Å². The number of nitrogens with zero attached hydrogens (tertiary/aromatic N) is 2. The zero-order chi connectivity index (χ0) is 44.9.